The average Bonchev–Trinajstić information content (AvgIpc) is 3.05. The minimum atomic E-state index is -1.20. The number of aliphatic carboxylic acids is 1. The molecule has 8 nitrogen and oxygen atoms in total. The molecule has 21 heavy (non-hydrogen) atoms. The van der Waals surface area contributed by atoms with Crippen LogP contribution < -0.4 is 0 Å². The molecule has 1 aromatic rings. The summed E-state index contributed by atoms with van der Waals surface area (Å²) >= 11 is 0. The standard InChI is InChI=1S/C13H17N3O5/c1-2-4-13(12(18)19)5-3-6-15(13)11(17)10-7-9(8-14-10)16(20)21/h7-8,14H,2-6H2,1H3,(H,18,19). The number of amides is 1. The number of rotatable bonds is 5. The molecule has 2 heterocycles. The molecule has 8 heteroatoms. The Kier molecular flexibility index (Phi) is 3.97. The highest BCUT2D eigenvalue weighted by atomic mass is 16.6. The Morgan fingerprint density at radius 1 is 1.57 bits per heavy atom. The van der Waals surface area contributed by atoms with Crippen molar-refractivity contribution in [2.75, 3.05) is 6.54 Å². The van der Waals surface area contributed by atoms with Gasteiger partial charge in [-0.2, -0.15) is 0 Å². The van der Waals surface area contributed by atoms with Crippen molar-refractivity contribution in [3.63, 3.8) is 0 Å². The molecule has 2 rings (SSSR count). The maximum absolute atomic E-state index is 12.5. The van der Waals surface area contributed by atoms with E-state index in [1.54, 1.807) is 0 Å². The molecule has 0 spiro atoms. The van der Waals surface area contributed by atoms with Gasteiger partial charge in [0.05, 0.1) is 11.1 Å². The van der Waals surface area contributed by atoms with E-state index in [0.717, 1.165) is 12.3 Å². The molecule has 0 bridgehead atoms. The number of aromatic nitrogens is 1. The molecular formula is C13H17N3O5. The van der Waals surface area contributed by atoms with Crippen LogP contribution in [0.3, 0.4) is 0 Å². The third-order valence-electron chi connectivity index (χ3n) is 3.90. The van der Waals surface area contributed by atoms with Crippen LogP contribution in [0.25, 0.3) is 0 Å². The summed E-state index contributed by atoms with van der Waals surface area (Å²) in [6, 6.07) is 1.14. The second kappa shape index (κ2) is 5.55. The number of aromatic amines is 1. The van der Waals surface area contributed by atoms with Gasteiger partial charge in [-0.1, -0.05) is 13.3 Å². The number of carbonyl (C=O) groups is 2. The predicted octanol–water partition coefficient (Wildman–Crippen LogP) is 1.78. The number of nitrogens with zero attached hydrogens (tertiary/aromatic N) is 2. The van der Waals surface area contributed by atoms with Gasteiger partial charge in [0.15, 0.2) is 0 Å². The van der Waals surface area contributed by atoms with Crippen LogP contribution in [0.15, 0.2) is 12.3 Å². The Labute approximate surface area is 120 Å². The molecule has 0 aliphatic carbocycles. The quantitative estimate of drug-likeness (QED) is 0.634. The van der Waals surface area contributed by atoms with Crippen LogP contribution >= 0.6 is 0 Å². The first-order valence-corrected chi connectivity index (χ1v) is 6.80. The van der Waals surface area contributed by atoms with E-state index in [9.17, 15) is 24.8 Å². The lowest BCUT2D eigenvalue weighted by Gasteiger charge is -2.34. The van der Waals surface area contributed by atoms with Crippen LogP contribution in [0.4, 0.5) is 5.69 Å². The van der Waals surface area contributed by atoms with Crippen molar-refractivity contribution in [1.82, 2.24) is 9.88 Å². The zero-order valence-electron chi connectivity index (χ0n) is 11.7. The smallest absolute Gasteiger partial charge is 0.329 e. The molecule has 114 valence electrons. The Balaban J connectivity index is 2.31. The molecule has 1 amide bonds. The van der Waals surface area contributed by atoms with Crippen LogP contribution in [0.2, 0.25) is 0 Å². The van der Waals surface area contributed by atoms with Gasteiger partial charge >= 0.3 is 5.97 Å². The van der Waals surface area contributed by atoms with Crippen LogP contribution in [-0.4, -0.2) is 43.9 Å². The second-order valence-corrected chi connectivity index (χ2v) is 5.18. The van der Waals surface area contributed by atoms with E-state index in [4.69, 9.17) is 0 Å². The zero-order valence-corrected chi connectivity index (χ0v) is 11.7. The molecule has 2 N–H and O–H groups in total. The fraction of sp³-hybridized carbons (Fsp3) is 0.538. The highest BCUT2D eigenvalue weighted by Gasteiger charge is 2.49. The molecular weight excluding hydrogens is 278 g/mol. The SMILES string of the molecule is CCCC1(C(=O)O)CCCN1C(=O)c1cc([N+](=O)[O-])c[nH]1. The second-order valence-electron chi connectivity index (χ2n) is 5.18. The first-order chi connectivity index (χ1) is 9.92. The van der Waals surface area contributed by atoms with E-state index < -0.39 is 22.3 Å². The largest absolute Gasteiger partial charge is 0.479 e. The lowest BCUT2D eigenvalue weighted by molar-refractivity contribution is -0.384. The molecule has 0 saturated carbocycles. The summed E-state index contributed by atoms with van der Waals surface area (Å²) in [5.74, 6) is -1.52. The highest BCUT2D eigenvalue weighted by molar-refractivity contribution is 5.97. The van der Waals surface area contributed by atoms with E-state index in [2.05, 4.69) is 4.98 Å². The van der Waals surface area contributed by atoms with Crippen LogP contribution in [-0.2, 0) is 4.79 Å². The lowest BCUT2D eigenvalue weighted by atomic mass is 9.90. The van der Waals surface area contributed by atoms with Crippen LogP contribution in [0.5, 0.6) is 0 Å². The molecule has 1 saturated heterocycles. The Morgan fingerprint density at radius 2 is 2.29 bits per heavy atom. The fourth-order valence-electron chi connectivity index (χ4n) is 2.93. The number of likely N-dealkylation sites (tertiary alicyclic amines) is 1. The van der Waals surface area contributed by atoms with Gasteiger partial charge in [0.2, 0.25) is 0 Å². The molecule has 0 aromatic carbocycles. The summed E-state index contributed by atoms with van der Waals surface area (Å²) in [4.78, 5) is 38.1. The summed E-state index contributed by atoms with van der Waals surface area (Å²) in [5, 5.41) is 20.2. The van der Waals surface area contributed by atoms with Gasteiger partial charge in [-0.15, -0.1) is 0 Å². The third-order valence-corrected chi connectivity index (χ3v) is 3.90. The molecule has 1 fully saturated rings. The van der Waals surface area contributed by atoms with Crippen LogP contribution in [0, 0.1) is 10.1 Å². The number of hydrogen-bond acceptors (Lipinski definition) is 4. The molecule has 1 aliphatic heterocycles. The fourth-order valence-corrected chi connectivity index (χ4v) is 2.93. The van der Waals surface area contributed by atoms with Crippen molar-refractivity contribution in [3.05, 3.63) is 28.1 Å². The number of nitrogens with one attached hydrogen (secondary N) is 1. The normalized spacial score (nSPS) is 21.5. The van der Waals surface area contributed by atoms with Crippen LogP contribution in [0.1, 0.15) is 43.1 Å². The van der Waals surface area contributed by atoms with Crippen molar-refractivity contribution in [2.45, 2.75) is 38.1 Å². The highest BCUT2D eigenvalue weighted by Crippen LogP contribution is 2.35. The van der Waals surface area contributed by atoms with Gasteiger partial charge in [0.1, 0.15) is 11.2 Å². The maximum atomic E-state index is 12.5. The van der Waals surface area contributed by atoms with Gasteiger partial charge < -0.3 is 15.0 Å². The molecule has 1 aromatic heterocycles. The molecule has 1 aliphatic rings. The number of H-pyrrole nitrogens is 1. The number of nitro groups is 1. The topological polar surface area (TPSA) is 117 Å². The van der Waals surface area contributed by atoms with E-state index in [-0.39, 0.29) is 11.4 Å². The summed E-state index contributed by atoms with van der Waals surface area (Å²) in [5.41, 5.74) is -1.37. The summed E-state index contributed by atoms with van der Waals surface area (Å²) in [6.45, 7) is 2.21. The molecule has 1 atom stereocenters. The van der Waals surface area contributed by atoms with Crippen molar-refractivity contribution >= 4 is 17.6 Å². The van der Waals surface area contributed by atoms with Crippen molar-refractivity contribution in [3.8, 4) is 0 Å². The van der Waals surface area contributed by atoms with E-state index in [1.807, 2.05) is 6.92 Å². The lowest BCUT2D eigenvalue weighted by Crippen LogP contribution is -2.53. The Morgan fingerprint density at radius 3 is 2.81 bits per heavy atom. The van der Waals surface area contributed by atoms with Gasteiger partial charge in [0.25, 0.3) is 11.6 Å². The molecule has 1 unspecified atom stereocenters. The van der Waals surface area contributed by atoms with E-state index >= 15 is 0 Å². The minimum Gasteiger partial charge on any atom is -0.479 e. The first-order valence-electron chi connectivity index (χ1n) is 6.80. The minimum absolute atomic E-state index is 0.0466. The average molecular weight is 295 g/mol. The number of hydrogen-bond donors (Lipinski definition) is 2. The van der Waals surface area contributed by atoms with E-state index in [1.165, 1.54) is 4.90 Å². The number of carboxylic acid groups (broad SMARTS) is 1. The van der Waals surface area contributed by atoms with Crippen molar-refractivity contribution in [1.29, 1.82) is 0 Å². The van der Waals surface area contributed by atoms with Crippen molar-refractivity contribution in [2.24, 2.45) is 0 Å². The maximum Gasteiger partial charge on any atom is 0.329 e. The van der Waals surface area contributed by atoms with Crippen molar-refractivity contribution < 1.29 is 19.6 Å². The van der Waals surface area contributed by atoms with Gasteiger partial charge in [0, 0.05) is 12.6 Å². The number of carbonyl (C=O) groups excluding carboxylic acids is 1. The molecule has 0 radical (unpaired) electrons. The Hall–Kier alpha value is -2.38. The van der Waals surface area contributed by atoms with Gasteiger partial charge in [-0.05, 0) is 19.3 Å². The number of carboxylic acids is 1. The monoisotopic (exact) mass is 295 g/mol. The zero-order chi connectivity index (χ0) is 15.6. The van der Waals surface area contributed by atoms with Gasteiger partial charge in [-0.25, -0.2) is 4.79 Å². The Bertz CT molecular complexity index is 582. The summed E-state index contributed by atoms with van der Waals surface area (Å²) in [7, 11) is 0. The summed E-state index contributed by atoms with van der Waals surface area (Å²) < 4.78 is 0. The predicted molar refractivity (Wildman–Crippen MR) is 73.0 cm³/mol. The third kappa shape index (κ3) is 2.48. The van der Waals surface area contributed by atoms with Gasteiger partial charge in [-0.3, -0.25) is 14.9 Å². The first kappa shape index (κ1) is 15.0. The summed E-state index contributed by atoms with van der Waals surface area (Å²) in [6.07, 6.45) is 3.16. The van der Waals surface area contributed by atoms with E-state index in [0.29, 0.717) is 32.2 Å².